The molecule has 0 spiro atoms. The summed E-state index contributed by atoms with van der Waals surface area (Å²) in [6, 6.07) is 18.8. The minimum Gasteiger partial charge on any atom is -0.531 e. The van der Waals surface area contributed by atoms with Crippen LogP contribution in [0, 0.1) is 24.4 Å². The number of hydrogen-bond donors (Lipinski definition) is 0. The number of aryl methyl sites for hydroxylation is 1. The second-order valence-electron chi connectivity index (χ2n) is 11.6. The van der Waals surface area contributed by atoms with Gasteiger partial charge >= 0.3 is 79.4 Å². The molecule has 4 aliphatic rings. The third-order valence-electron chi connectivity index (χ3n) is 8.26. The molecule has 4 aromatic carbocycles. The average Bonchev–Trinajstić information content (AvgIpc) is 3.80. The predicted molar refractivity (Wildman–Crippen MR) is 178 cm³/mol. The first kappa shape index (κ1) is 40.0. The molecule has 250 valence electrons. The summed E-state index contributed by atoms with van der Waals surface area (Å²) in [5.74, 6) is -0.944. The summed E-state index contributed by atoms with van der Waals surface area (Å²) in [6.07, 6.45) is 0. The first-order valence-corrected chi connectivity index (χ1v) is 15.2. The summed E-state index contributed by atoms with van der Waals surface area (Å²) in [5, 5.41) is 0. The number of fused-ring (bicyclic) bond motifs is 4. The minimum absolute atomic E-state index is 0. The van der Waals surface area contributed by atoms with Crippen molar-refractivity contribution in [2.45, 2.75) is 47.6 Å². The van der Waals surface area contributed by atoms with Crippen molar-refractivity contribution in [1.29, 1.82) is 0 Å². The van der Waals surface area contributed by atoms with E-state index in [0.29, 0.717) is 33.0 Å². The van der Waals surface area contributed by atoms with Crippen molar-refractivity contribution in [3.05, 3.63) is 118 Å². The van der Waals surface area contributed by atoms with Gasteiger partial charge in [0.1, 0.15) is 17.5 Å². The van der Waals surface area contributed by atoms with E-state index >= 15 is 0 Å². The third kappa shape index (κ3) is 9.75. The second kappa shape index (κ2) is 17.6. The molecule has 0 unspecified atom stereocenters. The monoisotopic (exact) mass is 704 g/mol. The van der Waals surface area contributed by atoms with E-state index in [9.17, 15) is 21.8 Å². The Bertz CT molecular complexity index is 1690. The Labute approximate surface area is 327 Å². The molecule has 8 rings (SSSR count). The molecule has 4 aromatic rings. The summed E-state index contributed by atoms with van der Waals surface area (Å²) in [7, 11) is -0.793. The van der Waals surface area contributed by atoms with Crippen molar-refractivity contribution < 1.29 is 101 Å². The van der Waals surface area contributed by atoms with Crippen LogP contribution >= 0.6 is 0 Å². The van der Waals surface area contributed by atoms with Crippen molar-refractivity contribution in [3.63, 3.8) is 0 Å². The summed E-state index contributed by atoms with van der Waals surface area (Å²) in [6.45, 7) is 2.37. The molecule has 0 aliphatic carbocycles. The van der Waals surface area contributed by atoms with E-state index in [1.807, 2.05) is 12.9 Å². The molecule has 4 aliphatic heterocycles. The maximum Gasteiger partial charge on any atom is 1.00 e. The van der Waals surface area contributed by atoms with E-state index in [1.165, 1.54) is 29.3 Å². The molecular weight excluding hydrogens is 670 g/mol. The number of halogens is 5. The Morgan fingerprint density at radius 2 is 1.10 bits per heavy atom. The molecule has 0 radical (unpaired) electrons. The molecule has 6 nitrogen and oxygen atoms in total. The predicted octanol–water partition coefficient (Wildman–Crippen LogP) is 1.58. The molecule has 49 heavy (non-hydrogen) atoms. The Morgan fingerprint density at radius 1 is 0.633 bits per heavy atom. The zero-order valence-electron chi connectivity index (χ0n) is 26.8. The second-order valence-corrected chi connectivity index (χ2v) is 11.6. The molecule has 0 N–H and O–H groups in total. The Balaban J connectivity index is 0.000000182. The fourth-order valence-electron chi connectivity index (χ4n) is 5.83. The van der Waals surface area contributed by atoms with Crippen molar-refractivity contribution in [3.8, 4) is 0 Å². The molecule has 0 saturated carbocycles. The van der Waals surface area contributed by atoms with Crippen molar-refractivity contribution in [2.24, 2.45) is 0 Å². The van der Waals surface area contributed by atoms with E-state index in [4.69, 9.17) is 23.3 Å². The third-order valence-corrected chi connectivity index (χ3v) is 8.26. The van der Waals surface area contributed by atoms with Crippen LogP contribution in [0.15, 0.2) is 72.8 Å². The summed E-state index contributed by atoms with van der Waals surface area (Å²) in [4.78, 5) is 0. The maximum atomic E-state index is 13.2. The van der Waals surface area contributed by atoms with Gasteiger partial charge < -0.3 is 36.6 Å². The summed E-state index contributed by atoms with van der Waals surface area (Å²) >= 11 is 0. The van der Waals surface area contributed by atoms with Gasteiger partial charge in [0.2, 0.25) is 0 Å². The largest absolute Gasteiger partial charge is 1.00 e. The number of benzene rings is 4. The van der Waals surface area contributed by atoms with Crippen LogP contribution in [-0.4, -0.2) is 41.3 Å². The topological polar surface area (TPSA) is 55.4 Å². The van der Waals surface area contributed by atoms with Gasteiger partial charge in [-0.1, -0.05) is 61.8 Å². The van der Waals surface area contributed by atoms with Gasteiger partial charge in [-0.2, -0.15) is 0 Å². The molecule has 0 atom stereocenters. The van der Waals surface area contributed by atoms with Crippen LogP contribution in [-0.2, 0) is 54.4 Å². The molecule has 0 fully saturated rings. The molecule has 0 bridgehead atoms. The van der Waals surface area contributed by atoms with E-state index in [1.54, 1.807) is 18.2 Å². The standard InChI is InChI=1S/C17H17B2FO4.C8H8BFO.C7H5BF3O.CH4.K/c1-12-2-4-16-13(8-12)10-23-18(16)21-6-7-22-19-17-5-3-15(20)9-14(17)11-24-19;1-9-8-3-2-7(10)4-6(8)5-11-9;9-6-1-2-7-5(3-6)4-12-8(7,10)11;;/h2-5,8-9H,6-7,10-11H2,1H3;2-4H,5H2,1H3;1-3H,4H2;1H4;/q;;-1;;+1. The first-order chi connectivity index (χ1) is 22.6. The molecule has 16 heteroatoms. The first-order valence-electron chi connectivity index (χ1n) is 15.2. The van der Waals surface area contributed by atoms with Gasteiger partial charge in [-0.15, -0.1) is 5.46 Å². The van der Waals surface area contributed by atoms with Gasteiger partial charge in [0.05, 0.1) is 33.0 Å². The zero-order valence-corrected chi connectivity index (χ0v) is 29.9. The van der Waals surface area contributed by atoms with Gasteiger partial charge in [-0.05, 0) is 76.4 Å². The normalized spacial score (nSPS) is 15.9. The number of rotatable bonds is 5. The van der Waals surface area contributed by atoms with E-state index in [2.05, 4.69) is 23.7 Å². The minimum atomic E-state index is -3.88. The van der Waals surface area contributed by atoms with Crippen LogP contribution < -0.4 is 73.2 Å². The fourth-order valence-corrected chi connectivity index (χ4v) is 5.83. The Kier molecular flexibility index (Phi) is 14.4. The van der Waals surface area contributed by atoms with Gasteiger partial charge in [0.25, 0.3) is 0 Å². The van der Waals surface area contributed by atoms with Crippen LogP contribution in [0.5, 0.6) is 0 Å². The average molecular weight is 704 g/mol. The maximum absolute atomic E-state index is 13.2. The molecule has 4 heterocycles. The van der Waals surface area contributed by atoms with E-state index in [0.717, 1.165) is 45.7 Å². The molecular formula is C33H34B4F5KO6. The van der Waals surface area contributed by atoms with Crippen LogP contribution in [0.1, 0.15) is 35.2 Å². The summed E-state index contributed by atoms with van der Waals surface area (Å²) in [5.41, 5.74) is 7.38. The van der Waals surface area contributed by atoms with Crippen molar-refractivity contribution in [1.82, 2.24) is 0 Å². The van der Waals surface area contributed by atoms with Crippen LogP contribution in [0.2, 0.25) is 6.82 Å². The zero-order chi connectivity index (χ0) is 33.1. The van der Waals surface area contributed by atoms with E-state index < -0.39 is 19.8 Å². The fraction of sp³-hybridized carbons (Fsp3) is 0.273. The van der Waals surface area contributed by atoms with E-state index in [-0.39, 0.29) is 102 Å². The van der Waals surface area contributed by atoms with Crippen LogP contribution in [0.4, 0.5) is 21.8 Å². The van der Waals surface area contributed by atoms with Gasteiger partial charge in [0, 0.05) is 6.61 Å². The van der Waals surface area contributed by atoms with Crippen LogP contribution in [0.25, 0.3) is 0 Å². The Hall–Kier alpha value is -1.81. The SMILES string of the molecule is C.CB1OCc2cc(F)ccc21.Cc1ccc2c(c1)COB2OCCOB1OCc2cc(F)ccc21.Fc1ccc2c(c1)CO[B-]2(F)F.[K+]. The van der Waals surface area contributed by atoms with Crippen molar-refractivity contribution >= 4 is 49.9 Å². The molecule has 0 aromatic heterocycles. The number of hydrogen-bond acceptors (Lipinski definition) is 6. The van der Waals surface area contributed by atoms with Crippen molar-refractivity contribution in [2.75, 3.05) is 13.2 Å². The molecule has 0 saturated heterocycles. The Morgan fingerprint density at radius 3 is 1.71 bits per heavy atom. The quantitative estimate of drug-likeness (QED) is 0.179. The van der Waals surface area contributed by atoms with Gasteiger partial charge in [-0.3, -0.25) is 0 Å². The summed E-state index contributed by atoms with van der Waals surface area (Å²) < 4.78 is 96.1. The van der Waals surface area contributed by atoms with Gasteiger partial charge in [0.15, 0.2) is 0 Å². The van der Waals surface area contributed by atoms with Gasteiger partial charge in [-0.25, -0.2) is 13.2 Å². The molecule has 0 amide bonds. The smallest absolute Gasteiger partial charge is 0.531 e. The van der Waals surface area contributed by atoms with Crippen LogP contribution in [0.3, 0.4) is 0 Å².